The number of unbranched alkanes of at least 4 members (excludes halogenated alkanes) is 47. The van der Waals surface area contributed by atoms with Crippen molar-refractivity contribution in [1.82, 2.24) is 5.32 Å². The summed E-state index contributed by atoms with van der Waals surface area (Å²) in [4.78, 5) is 24.5. The Labute approximate surface area is 480 Å². The highest BCUT2D eigenvalue weighted by Crippen LogP contribution is 2.18. The van der Waals surface area contributed by atoms with Crippen molar-refractivity contribution in [3.63, 3.8) is 0 Å². The second-order valence-electron chi connectivity index (χ2n) is 23.5. The zero-order valence-corrected chi connectivity index (χ0v) is 51.7. The Bertz CT molecular complexity index is 1290. The molecule has 0 spiro atoms. The number of amides is 1. The second kappa shape index (κ2) is 66.3. The number of carbonyl (C=O) groups is 2. The Morgan fingerprint density at radius 3 is 1.00 bits per heavy atom. The van der Waals surface area contributed by atoms with Gasteiger partial charge in [-0.1, -0.05) is 313 Å². The van der Waals surface area contributed by atoms with Gasteiger partial charge in [0, 0.05) is 12.8 Å². The molecular formula is C71H133NO5. The van der Waals surface area contributed by atoms with Gasteiger partial charge in [0.1, 0.15) is 0 Å². The van der Waals surface area contributed by atoms with E-state index in [9.17, 15) is 19.8 Å². The van der Waals surface area contributed by atoms with Crippen LogP contribution in [0.5, 0.6) is 0 Å². The molecule has 2 unspecified atom stereocenters. The fourth-order valence-corrected chi connectivity index (χ4v) is 10.5. The number of aliphatic hydroxyl groups is 2. The van der Waals surface area contributed by atoms with Gasteiger partial charge in [0.15, 0.2) is 0 Å². The van der Waals surface area contributed by atoms with Crippen molar-refractivity contribution >= 4 is 11.9 Å². The number of rotatable bonds is 64. The molecule has 6 heteroatoms. The first-order chi connectivity index (χ1) is 38.0. The van der Waals surface area contributed by atoms with Gasteiger partial charge in [0.25, 0.3) is 0 Å². The maximum absolute atomic E-state index is 12.4. The van der Waals surface area contributed by atoms with E-state index in [1.807, 2.05) is 6.08 Å². The average Bonchev–Trinajstić information content (AvgIpc) is 3.43. The first-order valence-electron chi connectivity index (χ1n) is 34.4. The van der Waals surface area contributed by atoms with Crippen molar-refractivity contribution in [2.24, 2.45) is 0 Å². The first-order valence-corrected chi connectivity index (χ1v) is 34.4. The maximum atomic E-state index is 12.4. The number of esters is 1. The molecule has 0 bridgehead atoms. The lowest BCUT2D eigenvalue weighted by molar-refractivity contribution is -0.143. The average molecular weight is 1080 g/mol. The summed E-state index contributed by atoms with van der Waals surface area (Å²) < 4.78 is 5.48. The van der Waals surface area contributed by atoms with Gasteiger partial charge in [-0.2, -0.15) is 0 Å². The third-order valence-electron chi connectivity index (χ3n) is 15.8. The fourth-order valence-electron chi connectivity index (χ4n) is 10.5. The van der Waals surface area contributed by atoms with Gasteiger partial charge in [-0.05, 0) is 89.9 Å². The quantitative estimate of drug-likeness (QED) is 0.0320. The highest BCUT2D eigenvalue weighted by molar-refractivity contribution is 5.76. The first kappa shape index (κ1) is 74.8. The molecule has 0 radical (unpaired) electrons. The minimum absolute atomic E-state index is 0.00986. The van der Waals surface area contributed by atoms with Crippen LogP contribution < -0.4 is 5.32 Å². The van der Waals surface area contributed by atoms with Crippen molar-refractivity contribution < 1.29 is 24.5 Å². The van der Waals surface area contributed by atoms with Crippen LogP contribution in [0.4, 0.5) is 0 Å². The van der Waals surface area contributed by atoms with Crippen LogP contribution in [0.3, 0.4) is 0 Å². The van der Waals surface area contributed by atoms with Crippen molar-refractivity contribution in [1.29, 1.82) is 0 Å². The molecule has 3 N–H and O–H groups in total. The van der Waals surface area contributed by atoms with E-state index in [4.69, 9.17) is 4.74 Å². The van der Waals surface area contributed by atoms with Gasteiger partial charge in [-0.25, -0.2) is 0 Å². The number of hydrogen-bond acceptors (Lipinski definition) is 5. The number of aliphatic hydroxyl groups excluding tert-OH is 2. The Morgan fingerprint density at radius 2 is 0.649 bits per heavy atom. The van der Waals surface area contributed by atoms with Crippen molar-refractivity contribution in [2.75, 3.05) is 13.2 Å². The van der Waals surface area contributed by atoms with Crippen LogP contribution in [0.25, 0.3) is 0 Å². The van der Waals surface area contributed by atoms with Gasteiger partial charge >= 0.3 is 5.97 Å². The van der Waals surface area contributed by atoms with Crippen LogP contribution in [-0.4, -0.2) is 47.4 Å². The van der Waals surface area contributed by atoms with E-state index < -0.39 is 12.1 Å². The van der Waals surface area contributed by atoms with Gasteiger partial charge in [-0.3, -0.25) is 9.59 Å². The summed E-state index contributed by atoms with van der Waals surface area (Å²) in [6.45, 7) is 4.88. The number of nitrogens with one attached hydrogen (secondary N) is 1. The van der Waals surface area contributed by atoms with Gasteiger partial charge < -0.3 is 20.3 Å². The summed E-state index contributed by atoms with van der Waals surface area (Å²) >= 11 is 0. The van der Waals surface area contributed by atoms with E-state index >= 15 is 0 Å². The SMILES string of the molecule is CCCCCCC/C=C\CCCCCCCC(=O)OCCCCCCCCCCCCCCC/C=C\C/C=C\CCCCCCCCCCCCCCCCCCCC(=O)NC(CO)C(O)/C=C/CCCCCCCCC. The summed E-state index contributed by atoms with van der Waals surface area (Å²) in [6.07, 6.45) is 86.4. The molecule has 77 heavy (non-hydrogen) atoms. The van der Waals surface area contributed by atoms with Gasteiger partial charge in [-0.15, -0.1) is 0 Å². The predicted octanol–water partition coefficient (Wildman–Crippen LogP) is 22.1. The molecule has 6 nitrogen and oxygen atoms in total. The second-order valence-corrected chi connectivity index (χ2v) is 23.5. The molecule has 0 aromatic rings. The molecule has 0 aromatic heterocycles. The molecule has 0 aromatic carbocycles. The zero-order valence-electron chi connectivity index (χ0n) is 51.7. The molecule has 2 atom stereocenters. The Balaban J connectivity index is 3.35. The highest BCUT2D eigenvalue weighted by Gasteiger charge is 2.18. The van der Waals surface area contributed by atoms with Gasteiger partial charge in [0.05, 0.1) is 25.4 Å². The molecule has 0 saturated carbocycles. The number of hydrogen-bond donors (Lipinski definition) is 3. The minimum atomic E-state index is -0.840. The maximum Gasteiger partial charge on any atom is 0.305 e. The molecule has 0 heterocycles. The summed E-state index contributed by atoms with van der Waals surface area (Å²) in [5.41, 5.74) is 0. The number of ether oxygens (including phenoxy) is 1. The number of carbonyl (C=O) groups excluding carboxylic acids is 2. The van der Waals surface area contributed by atoms with E-state index in [-0.39, 0.29) is 18.5 Å². The molecule has 0 aliphatic heterocycles. The molecule has 0 rings (SSSR count). The van der Waals surface area contributed by atoms with Gasteiger partial charge in [0.2, 0.25) is 5.91 Å². The predicted molar refractivity (Wildman–Crippen MR) is 338 cm³/mol. The lowest BCUT2D eigenvalue weighted by Gasteiger charge is -2.20. The minimum Gasteiger partial charge on any atom is -0.466 e. The van der Waals surface area contributed by atoms with Crippen LogP contribution in [0.2, 0.25) is 0 Å². The third kappa shape index (κ3) is 62.9. The van der Waals surface area contributed by atoms with E-state index in [1.165, 1.54) is 289 Å². The lowest BCUT2D eigenvalue weighted by atomic mass is 10.0. The largest absolute Gasteiger partial charge is 0.466 e. The van der Waals surface area contributed by atoms with E-state index in [0.717, 1.165) is 51.4 Å². The van der Waals surface area contributed by atoms with E-state index in [2.05, 4.69) is 55.6 Å². The Morgan fingerprint density at radius 1 is 0.364 bits per heavy atom. The molecule has 0 aliphatic rings. The Hall–Kier alpha value is -2.18. The molecule has 1 amide bonds. The highest BCUT2D eigenvalue weighted by atomic mass is 16.5. The summed E-state index contributed by atoms with van der Waals surface area (Å²) in [7, 11) is 0. The third-order valence-corrected chi connectivity index (χ3v) is 15.8. The molecular weight excluding hydrogens is 947 g/mol. The zero-order chi connectivity index (χ0) is 55.7. The number of allylic oxidation sites excluding steroid dienone is 7. The van der Waals surface area contributed by atoms with Crippen LogP contribution >= 0.6 is 0 Å². The van der Waals surface area contributed by atoms with Crippen LogP contribution in [0, 0.1) is 0 Å². The standard InChI is InChI=1S/C71H133NO5/c1-3-5-7-9-11-13-14-15-42-45-49-53-57-61-65-71(76)77-66-62-58-54-50-46-43-40-38-36-34-32-30-28-26-24-22-20-18-16-17-19-21-23-25-27-29-31-33-35-37-39-41-44-48-52-56-60-64-70(75)72-68(67-73)69(74)63-59-55-51-47-12-10-8-6-4-2/h14-16,18,22,24,59,63,68-69,73-74H,3-13,17,19-21,23,25-58,60-62,64-67H2,1-2H3,(H,72,75)/b15-14-,18-16-,24-22-,63-59+. The Kier molecular flexibility index (Phi) is 64.5. The van der Waals surface area contributed by atoms with Crippen molar-refractivity contribution in [3.05, 3.63) is 48.6 Å². The van der Waals surface area contributed by atoms with Crippen molar-refractivity contribution in [3.8, 4) is 0 Å². The summed E-state index contributed by atoms with van der Waals surface area (Å²) in [6, 6.07) is -0.624. The fraction of sp³-hybridized carbons (Fsp3) is 0.859. The van der Waals surface area contributed by atoms with Crippen LogP contribution in [-0.2, 0) is 14.3 Å². The smallest absolute Gasteiger partial charge is 0.305 e. The molecule has 452 valence electrons. The monoisotopic (exact) mass is 1080 g/mol. The van der Waals surface area contributed by atoms with E-state index in [0.29, 0.717) is 19.4 Å². The van der Waals surface area contributed by atoms with E-state index in [1.54, 1.807) is 6.08 Å². The molecule has 0 aliphatic carbocycles. The molecule has 0 saturated heterocycles. The normalized spacial score (nSPS) is 12.8. The lowest BCUT2D eigenvalue weighted by Crippen LogP contribution is -2.45. The topological polar surface area (TPSA) is 95.9 Å². The summed E-state index contributed by atoms with van der Waals surface area (Å²) in [5.74, 6) is -0.0574. The van der Waals surface area contributed by atoms with Crippen LogP contribution in [0.15, 0.2) is 48.6 Å². The van der Waals surface area contributed by atoms with Crippen molar-refractivity contribution in [2.45, 2.75) is 379 Å². The summed E-state index contributed by atoms with van der Waals surface area (Å²) in [5, 5.41) is 23.0. The molecule has 0 fully saturated rings. The van der Waals surface area contributed by atoms with Crippen LogP contribution in [0.1, 0.15) is 367 Å².